The monoisotopic (exact) mass is 258 g/mol. The van der Waals surface area contributed by atoms with Crippen molar-refractivity contribution in [3.8, 4) is 0 Å². The number of carbonyl (C=O) groups is 1. The Morgan fingerprint density at radius 1 is 1.47 bits per heavy atom. The molecular weight excluding hydrogens is 243 g/mol. The molecule has 0 atom stereocenters. The number of aryl methyl sites for hydroxylation is 1. The number of rotatable bonds is 2. The number of amides is 1. The van der Waals surface area contributed by atoms with E-state index in [0.29, 0.717) is 12.8 Å². The maximum absolute atomic E-state index is 13.4. The fraction of sp³-hybridized carbons (Fsp3) is 0.417. The van der Waals surface area contributed by atoms with Gasteiger partial charge in [-0.25, -0.2) is 4.39 Å². The maximum Gasteiger partial charge on any atom is 0.244 e. The Labute approximate surface area is 106 Å². The lowest BCUT2D eigenvalue weighted by Crippen LogP contribution is -2.56. The van der Waals surface area contributed by atoms with Crippen LogP contribution in [0.1, 0.15) is 24.8 Å². The molecule has 1 aromatic rings. The fourth-order valence-corrected chi connectivity index (χ4v) is 1.77. The third kappa shape index (κ3) is 2.76. The molecule has 2 rings (SSSR count). The molecule has 1 aliphatic rings. The zero-order valence-electron chi connectivity index (χ0n) is 9.63. The van der Waals surface area contributed by atoms with E-state index in [2.05, 4.69) is 5.32 Å². The van der Waals surface area contributed by atoms with Crippen LogP contribution in [-0.4, -0.2) is 11.4 Å². The molecule has 0 spiro atoms. The number of nitrogens with two attached hydrogens (primary N) is 1. The van der Waals surface area contributed by atoms with Gasteiger partial charge in [-0.2, -0.15) is 0 Å². The van der Waals surface area contributed by atoms with Gasteiger partial charge < -0.3 is 11.1 Å². The second-order valence-corrected chi connectivity index (χ2v) is 4.45. The van der Waals surface area contributed by atoms with Crippen LogP contribution >= 0.6 is 12.4 Å². The van der Waals surface area contributed by atoms with Crippen LogP contribution in [0.15, 0.2) is 18.2 Å². The van der Waals surface area contributed by atoms with Crippen molar-refractivity contribution in [3.63, 3.8) is 0 Å². The van der Waals surface area contributed by atoms with Crippen LogP contribution in [-0.2, 0) is 4.79 Å². The van der Waals surface area contributed by atoms with E-state index < -0.39 is 11.4 Å². The third-order valence-corrected chi connectivity index (χ3v) is 3.07. The topological polar surface area (TPSA) is 55.1 Å². The lowest BCUT2D eigenvalue weighted by Gasteiger charge is -2.36. The maximum atomic E-state index is 13.4. The van der Waals surface area contributed by atoms with Crippen molar-refractivity contribution in [1.29, 1.82) is 0 Å². The van der Waals surface area contributed by atoms with E-state index in [4.69, 9.17) is 5.73 Å². The Balaban J connectivity index is 0.00000144. The van der Waals surface area contributed by atoms with Gasteiger partial charge in [-0.1, -0.05) is 6.07 Å². The average Bonchev–Trinajstić information content (AvgIpc) is 2.20. The SMILES string of the molecule is Cc1ccc(F)c(NC(=O)C2(N)CCC2)c1.Cl. The van der Waals surface area contributed by atoms with Crippen LogP contribution in [0.2, 0.25) is 0 Å². The second kappa shape index (κ2) is 5.02. The molecule has 17 heavy (non-hydrogen) atoms. The molecule has 0 radical (unpaired) electrons. The van der Waals surface area contributed by atoms with Gasteiger partial charge in [0.2, 0.25) is 5.91 Å². The number of hydrogen-bond donors (Lipinski definition) is 2. The highest BCUT2D eigenvalue weighted by Gasteiger charge is 2.40. The highest BCUT2D eigenvalue weighted by atomic mass is 35.5. The van der Waals surface area contributed by atoms with Crippen LogP contribution in [0.25, 0.3) is 0 Å². The van der Waals surface area contributed by atoms with Crippen molar-refractivity contribution in [1.82, 2.24) is 0 Å². The van der Waals surface area contributed by atoms with Crippen LogP contribution in [0.4, 0.5) is 10.1 Å². The molecule has 1 fully saturated rings. The number of anilines is 1. The second-order valence-electron chi connectivity index (χ2n) is 4.45. The number of halogens is 2. The van der Waals surface area contributed by atoms with Crippen LogP contribution in [0, 0.1) is 12.7 Å². The summed E-state index contributed by atoms with van der Waals surface area (Å²) in [6.07, 6.45) is 2.30. The smallest absolute Gasteiger partial charge is 0.244 e. The minimum Gasteiger partial charge on any atom is -0.322 e. The third-order valence-electron chi connectivity index (χ3n) is 3.07. The zero-order chi connectivity index (χ0) is 11.8. The first kappa shape index (κ1) is 13.9. The predicted molar refractivity (Wildman–Crippen MR) is 67.8 cm³/mol. The first-order valence-electron chi connectivity index (χ1n) is 5.38. The molecule has 0 aromatic heterocycles. The van der Waals surface area contributed by atoms with E-state index in [-0.39, 0.29) is 24.0 Å². The highest BCUT2D eigenvalue weighted by Crippen LogP contribution is 2.30. The molecule has 3 N–H and O–H groups in total. The standard InChI is InChI=1S/C12H15FN2O.ClH/c1-8-3-4-9(13)10(7-8)15-11(16)12(14)5-2-6-12;/h3-4,7H,2,5-6,14H2,1H3,(H,15,16);1H. The Kier molecular flexibility index (Phi) is 4.11. The minimum absolute atomic E-state index is 0. The molecule has 0 aliphatic heterocycles. The van der Waals surface area contributed by atoms with Crippen LogP contribution in [0.5, 0.6) is 0 Å². The van der Waals surface area contributed by atoms with Crippen molar-refractivity contribution >= 4 is 24.0 Å². The molecule has 1 aromatic carbocycles. The van der Waals surface area contributed by atoms with Crippen molar-refractivity contribution < 1.29 is 9.18 Å². The van der Waals surface area contributed by atoms with E-state index in [9.17, 15) is 9.18 Å². The Morgan fingerprint density at radius 2 is 2.12 bits per heavy atom. The largest absolute Gasteiger partial charge is 0.322 e. The van der Waals surface area contributed by atoms with Gasteiger partial charge in [0.1, 0.15) is 5.82 Å². The minimum atomic E-state index is -0.795. The lowest BCUT2D eigenvalue weighted by molar-refractivity contribution is -0.123. The lowest BCUT2D eigenvalue weighted by atomic mass is 9.77. The molecule has 5 heteroatoms. The van der Waals surface area contributed by atoms with E-state index in [1.54, 1.807) is 12.1 Å². The summed E-state index contributed by atoms with van der Waals surface area (Å²) in [5, 5.41) is 2.55. The van der Waals surface area contributed by atoms with Gasteiger partial charge in [0.25, 0.3) is 0 Å². The molecule has 0 unspecified atom stereocenters. The summed E-state index contributed by atoms with van der Waals surface area (Å²) in [7, 11) is 0. The van der Waals surface area contributed by atoms with Crippen molar-refractivity contribution in [2.45, 2.75) is 31.7 Å². The van der Waals surface area contributed by atoms with Gasteiger partial charge in [0.15, 0.2) is 0 Å². The van der Waals surface area contributed by atoms with Gasteiger partial charge in [0.05, 0.1) is 11.2 Å². The molecule has 0 bridgehead atoms. The molecule has 1 aliphatic carbocycles. The molecule has 1 amide bonds. The van der Waals surface area contributed by atoms with Gasteiger partial charge in [-0.15, -0.1) is 12.4 Å². The number of nitrogens with one attached hydrogen (secondary N) is 1. The number of hydrogen-bond acceptors (Lipinski definition) is 2. The van der Waals surface area contributed by atoms with Crippen molar-refractivity contribution in [2.24, 2.45) is 5.73 Å². The normalized spacial score (nSPS) is 16.6. The van der Waals surface area contributed by atoms with Crippen LogP contribution in [0.3, 0.4) is 0 Å². The number of carbonyl (C=O) groups excluding carboxylic acids is 1. The molecular formula is C12H16ClFN2O. The van der Waals surface area contributed by atoms with Gasteiger partial charge in [-0.05, 0) is 43.9 Å². The van der Waals surface area contributed by atoms with Crippen molar-refractivity contribution in [2.75, 3.05) is 5.32 Å². The molecule has 3 nitrogen and oxygen atoms in total. The van der Waals surface area contributed by atoms with E-state index >= 15 is 0 Å². The predicted octanol–water partition coefficient (Wildman–Crippen LogP) is 2.38. The average molecular weight is 259 g/mol. The Morgan fingerprint density at radius 3 is 2.65 bits per heavy atom. The quantitative estimate of drug-likeness (QED) is 0.856. The summed E-state index contributed by atoms with van der Waals surface area (Å²) < 4.78 is 13.4. The van der Waals surface area contributed by atoms with Crippen molar-refractivity contribution in [3.05, 3.63) is 29.6 Å². The molecule has 0 heterocycles. The molecule has 1 saturated carbocycles. The summed E-state index contributed by atoms with van der Waals surface area (Å²) >= 11 is 0. The summed E-state index contributed by atoms with van der Waals surface area (Å²) in [5.41, 5.74) is 6.16. The van der Waals surface area contributed by atoms with E-state index in [1.807, 2.05) is 6.92 Å². The van der Waals surface area contributed by atoms with E-state index in [1.165, 1.54) is 6.07 Å². The number of benzene rings is 1. The van der Waals surface area contributed by atoms with Gasteiger partial charge >= 0.3 is 0 Å². The first-order chi connectivity index (χ1) is 7.51. The Hall–Kier alpha value is -1.13. The fourth-order valence-electron chi connectivity index (χ4n) is 1.77. The highest BCUT2D eigenvalue weighted by molar-refractivity contribution is 5.98. The molecule has 0 saturated heterocycles. The summed E-state index contributed by atoms with van der Waals surface area (Å²) in [5.74, 6) is -0.717. The first-order valence-corrected chi connectivity index (χ1v) is 5.38. The summed E-state index contributed by atoms with van der Waals surface area (Å²) in [6, 6.07) is 4.61. The van der Waals surface area contributed by atoms with Crippen LogP contribution < -0.4 is 11.1 Å². The summed E-state index contributed by atoms with van der Waals surface area (Å²) in [6.45, 7) is 1.84. The van der Waals surface area contributed by atoms with Gasteiger partial charge in [0, 0.05) is 0 Å². The van der Waals surface area contributed by atoms with Gasteiger partial charge in [-0.3, -0.25) is 4.79 Å². The zero-order valence-corrected chi connectivity index (χ0v) is 10.4. The van der Waals surface area contributed by atoms with E-state index in [0.717, 1.165) is 12.0 Å². The Bertz CT molecular complexity index is 433. The molecule has 94 valence electrons. The summed E-state index contributed by atoms with van der Waals surface area (Å²) in [4.78, 5) is 11.8.